The second-order valence-electron chi connectivity index (χ2n) is 5.88. The van der Waals surface area contributed by atoms with Crippen LogP contribution in [0.1, 0.15) is 16.8 Å². The van der Waals surface area contributed by atoms with Crippen molar-refractivity contribution in [3.8, 4) is 11.5 Å². The average Bonchev–Trinajstić information content (AvgIpc) is 3.09. The summed E-state index contributed by atoms with van der Waals surface area (Å²) in [5.41, 5.74) is 3.20. The molecule has 2 aromatic rings. The van der Waals surface area contributed by atoms with Crippen molar-refractivity contribution in [3.63, 3.8) is 0 Å². The summed E-state index contributed by atoms with van der Waals surface area (Å²) >= 11 is 0. The molecular formula is C19H23N3O4. The number of ether oxygens (including phenoxy) is 3. The van der Waals surface area contributed by atoms with Crippen LogP contribution < -0.4 is 14.8 Å². The summed E-state index contributed by atoms with van der Waals surface area (Å²) in [7, 11) is 3.17. The van der Waals surface area contributed by atoms with Gasteiger partial charge in [-0.3, -0.25) is 9.48 Å². The molecule has 1 N–H and O–H groups in total. The van der Waals surface area contributed by atoms with E-state index in [0.29, 0.717) is 31.2 Å². The van der Waals surface area contributed by atoms with E-state index < -0.39 is 0 Å². The van der Waals surface area contributed by atoms with Gasteiger partial charge in [-0.05, 0) is 23.8 Å². The van der Waals surface area contributed by atoms with Crippen LogP contribution in [0, 0.1) is 0 Å². The van der Waals surface area contributed by atoms with Crippen LogP contribution in [-0.2, 0) is 29.1 Å². The predicted molar refractivity (Wildman–Crippen MR) is 97.2 cm³/mol. The molecular weight excluding hydrogens is 334 g/mol. The number of amides is 1. The first-order valence-electron chi connectivity index (χ1n) is 8.50. The quantitative estimate of drug-likeness (QED) is 0.765. The molecule has 0 atom stereocenters. The van der Waals surface area contributed by atoms with Crippen molar-refractivity contribution in [1.29, 1.82) is 0 Å². The summed E-state index contributed by atoms with van der Waals surface area (Å²) < 4.78 is 17.8. The molecule has 3 rings (SSSR count). The second-order valence-corrected chi connectivity index (χ2v) is 5.88. The first kappa shape index (κ1) is 18.0. The van der Waals surface area contributed by atoms with Crippen LogP contribution in [0.15, 0.2) is 30.5 Å². The van der Waals surface area contributed by atoms with Gasteiger partial charge < -0.3 is 19.5 Å². The number of carbonyl (C=O) groups is 1. The number of fused-ring (bicyclic) bond motifs is 1. The molecule has 0 bridgehead atoms. The molecule has 1 amide bonds. The molecule has 2 heterocycles. The number of rotatable bonds is 7. The van der Waals surface area contributed by atoms with Crippen LogP contribution in [0.25, 0.3) is 6.08 Å². The number of hydrogen-bond acceptors (Lipinski definition) is 5. The molecule has 7 heteroatoms. The van der Waals surface area contributed by atoms with E-state index in [0.717, 1.165) is 24.2 Å². The molecule has 0 saturated carbocycles. The van der Waals surface area contributed by atoms with Crippen LogP contribution in [0.2, 0.25) is 0 Å². The van der Waals surface area contributed by atoms with Crippen LogP contribution in [-0.4, -0.2) is 43.1 Å². The fourth-order valence-electron chi connectivity index (χ4n) is 2.88. The van der Waals surface area contributed by atoms with Crippen molar-refractivity contribution >= 4 is 12.0 Å². The lowest BCUT2D eigenvalue weighted by Crippen LogP contribution is -2.26. The standard InChI is InChI=1S/C19H23N3O4/c1-24-17-5-3-14(11-18(17)25-2)4-6-19(23)20-8-9-22-16-7-10-26-13-15(16)12-21-22/h3-6,11-12H,7-10,13H2,1-2H3,(H,20,23). The number of aromatic nitrogens is 2. The van der Waals surface area contributed by atoms with Gasteiger partial charge in [-0.15, -0.1) is 0 Å². The molecule has 0 unspecified atom stereocenters. The molecule has 1 aromatic carbocycles. The maximum absolute atomic E-state index is 12.0. The maximum atomic E-state index is 12.0. The fourth-order valence-corrected chi connectivity index (χ4v) is 2.88. The van der Waals surface area contributed by atoms with Gasteiger partial charge >= 0.3 is 0 Å². The molecule has 1 aliphatic rings. The van der Waals surface area contributed by atoms with Gasteiger partial charge in [0.2, 0.25) is 5.91 Å². The minimum Gasteiger partial charge on any atom is -0.493 e. The van der Waals surface area contributed by atoms with E-state index in [1.165, 1.54) is 11.8 Å². The highest BCUT2D eigenvalue weighted by Crippen LogP contribution is 2.27. The average molecular weight is 357 g/mol. The summed E-state index contributed by atoms with van der Waals surface area (Å²) in [4.78, 5) is 12.0. The summed E-state index contributed by atoms with van der Waals surface area (Å²) in [6.45, 7) is 2.50. The molecule has 7 nitrogen and oxygen atoms in total. The van der Waals surface area contributed by atoms with Crippen molar-refractivity contribution in [1.82, 2.24) is 15.1 Å². The summed E-state index contributed by atoms with van der Waals surface area (Å²) in [6, 6.07) is 5.49. The molecule has 0 aliphatic carbocycles. The Morgan fingerprint density at radius 2 is 2.19 bits per heavy atom. The van der Waals surface area contributed by atoms with Gasteiger partial charge in [0.1, 0.15) is 0 Å². The van der Waals surface area contributed by atoms with E-state index in [4.69, 9.17) is 14.2 Å². The SMILES string of the molecule is COc1ccc(C=CC(=O)NCCn2ncc3c2CCOC3)cc1OC. The summed E-state index contributed by atoms with van der Waals surface area (Å²) in [5, 5.41) is 7.24. The number of methoxy groups -OCH3 is 2. The third-order valence-electron chi connectivity index (χ3n) is 4.23. The maximum Gasteiger partial charge on any atom is 0.244 e. The van der Waals surface area contributed by atoms with Gasteiger partial charge in [-0.25, -0.2) is 0 Å². The highest BCUT2D eigenvalue weighted by molar-refractivity contribution is 5.91. The minimum absolute atomic E-state index is 0.149. The van der Waals surface area contributed by atoms with Crippen molar-refractivity contribution in [3.05, 3.63) is 47.3 Å². The predicted octanol–water partition coefficient (Wildman–Crippen LogP) is 1.80. The molecule has 138 valence electrons. The highest BCUT2D eigenvalue weighted by Gasteiger charge is 2.14. The summed E-state index contributed by atoms with van der Waals surface area (Å²) in [5.74, 6) is 1.13. The third kappa shape index (κ3) is 4.23. The van der Waals surface area contributed by atoms with Crippen LogP contribution in [0.5, 0.6) is 11.5 Å². The van der Waals surface area contributed by atoms with Gasteiger partial charge in [0.05, 0.1) is 40.2 Å². The molecule has 0 fully saturated rings. The Morgan fingerprint density at radius 3 is 3.00 bits per heavy atom. The Morgan fingerprint density at radius 1 is 1.35 bits per heavy atom. The minimum atomic E-state index is -0.149. The fraction of sp³-hybridized carbons (Fsp3) is 0.368. The molecule has 0 spiro atoms. The van der Waals surface area contributed by atoms with Gasteiger partial charge in [-0.1, -0.05) is 6.07 Å². The van der Waals surface area contributed by atoms with E-state index in [-0.39, 0.29) is 5.91 Å². The lowest BCUT2D eigenvalue weighted by molar-refractivity contribution is -0.116. The van der Waals surface area contributed by atoms with Crippen molar-refractivity contribution in [2.45, 2.75) is 19.6 Å². The molecule has 0 saturated heterocycles. The highest BCUT2D eigenvalue weighted by atomic mass is 16.5. The van der Waals surface area contributed by atoms with Crippen molar-refractivity contribution < 1.29 is 19.0 Å². The Bertz CT molecular complexity index is 798. The van der Waals surface area contributed by atoms with Gasteiger partial charge in [0.25, 0.3) is 0 Å². The number of benzene rings is 1. The van der Waals surface area contributed by atoms with Gasteiger partial charge in [0, 0.05) is 30.3 Å². The molecule has 1 aromatic heterocycles. The van der Waals surface area contributed by atoms with Gasteiger partial charge in [-0.2, -0.15) is 5.10 Å². The third-order valence-corrected chi connectivity index (χ3v) is 4.23. The Balaban J connectivity index is 1.51. The van der Waals surface area contributed by atoms with E-state index in [1.807, 2.05) is 23.0 Å². The Kier molecular flexibility index (Phi) is 5.91. The van der Waals surface area contributed by atoms with Gasteiger partial charge in [0.15, 0.2) is 11.5 Å². The largest absolute Gasteiger partial charge is 0.493 e. The Hall–Kier alpha value is -2.80. The molecule has 1 aliphatic heterocycles. The number of hydrogen-bond donors (Lipinski definition) is 1. The van der Waals surface area contributed by atoms with E-state index in [1.54, 1.807) is 26.4 Å². The molecule has 0 radical (unpaired) electrons. The topological polar surface area (TPSA) is 74.6 Å². The first-order valence-corrected chi connectivity index (χ1v) is 8.50. The normalized spacial score (nSPS) is 13.5. The monoisotopic (exact) mass is 357 g/mol. The van der Waals surface area contributed by atoms with Crippen LogP contribution >= 0.6 is 0 Å². The molecule has 26 heavy (non-hydrogen) atoms. The smallest absolute Gasteiger partial charge is 0.244 e. The lowest BCUT2D eigenvalue weighted by atomic mass is 10.2. The summed E-state index contributed by atoms with van der Waals surface area (Å²) in [6.07, 6.45) is 5.95. The van der Waals surface area contributed by atoms with Crippen LogP contribution in [0.4, 0.5) is 0 Å². The first-order chi connectivity index (χ1) is 12.7. The van der Waals surface area contributed by atoms with Crippen molar-refractivity contribution in [2.24, 2.45) is 0 Å². The van der Waals surface area contributed by atoms with E-state index in [2.05, 4.69) is 10.4 Å². The Labute approximate surface area is 152 Å². The zero-order valence-electron chi connectivity index (χ0n) is 15.0. The second kappa shape index (κ2) is 8.53. The zero-order valence-corrected chi connectivity index (χ0v) is 15.0. The lowest BCUT2D eigenvalue weighted by Gasteiger charge is -2.14. The van der Waals surface area contributed by atoms with Crippen molar-refractivity contribution in [2.75, 3.05) is 27.4 Å². The zero-order chi connectivity index (χ0) is 18.4. The number of nitrogens with one attached hydrogen (secondary N) is 1. The van der Waals surface area contributed by atoms with E-state index in [9.17, 15) is 4.79 Å². The van der Waals surface area contributed by atoms with Crippen LogP contribution in [0.3, 0.4) is 0 Å². The number of carbonyl (C=O) groups excluding carboxylic acids is 1. The van der Waals surface area contributed by atoms with E-state index >= 15 is 0 Å². The number of nitrogens with zero attached hydrogens (tertiary/aromatic N) is 2.